The lowest BCUT2D eigenvalue weighted by atomic mass is 9.92. The molecule has 186 valence electrons. The maximum absolute atomic E-state index is 16.2. The first-order valence-electron chi connectivity index (χ1n) is 11.0. The summed E-state index contributed by atoms with van der Waals surface area (Å²) in [7, 11) is 1.28. The second-order valence-electron chi connectivity index (χ2n) is 8.34. The summed E-state index contributed by atoms with van der Waals surface area (Å²) >= 11 is 0.713. The third-order valence-electron chi connectivity index (χ3n) is 6.23. The highest BCUT2D eigenvalue weighted by molar-refractivity contribution is 7.23. The van der Waals surface area contributed by atoms with E-state index >= 15 is 4.39 Å². The molecule has 2 aromatic carbocycles. The molecular formula is C24H18F5N5OS. The summed E-state index contributed by atoms with van der Waals surface area (Å²) in [5.41, 5.74) is 2.81. The van der Waals surface area contributed by atoms with Crippen LogP contribution in [-0.2, 0) is 6.18 Å². The van der Waals surface area contributed by atoms with E-state index < -0.39 is 28.9 Å². The van der Waals surface area contributed by atoms with Gasteiger partial charge in [-0.25, -0.2) is 8.78 Å². The van der Waals surface area contributed by atoms with Crippen LogP contribution in [0.15, 0.2) is 18.2 Å². The van der Waals surface area contributed by atoms with Crippen molar-refractivity contribution in [3.8, 4) is 23.2 Å². The summed E-state index contributed by atoms with van der Waals surface area (Å²) in [6, 6.07) is 4.37. The average molecular weight is 519 g/mol. The van der Waals surface area contributed by atoms with Gasteiger partial charge in [0.2, 0.25) is 0 Å². The molecule has 0 unspecified atom stereocenters. The summed E-state index contributed by atoms with van der Waals surface area (Å²) in [6.07, 6.45) is -2.40. The van der Waals surface area contributed by atoms with E-state index in [0.29, 0.717) is 24.4 Å². The van der Waals surface area contributed by atoms with E-state index in [9.17, 15) is 22.8 Å². The zero-order valence-corrected chi connectivity index (χ0v) is 19.7. The third kappa shape index (κ3) is 3.74. The van der Waals surface area contributed by atoms with Crippen molar-refractivity contribution in [2.45, 2.75) is 25.4 Å². The van der Waals surface area contributed by atoms with Gasteiger partial charge in [0, 0.05) is 29.4 Å². The number of nitriles is 1. The summed E-state index contributed by atoms with van der Waals surface area (Å²) < 4.78 is 79.0. The number of piperidine rings is 1. The monoisotopic (exact) mass is 519 g/mol. The summed E-state index contributed by atoms with van der Waals surface area (Å²) in [5, 5.41) is 9.21. The van der Waals surface area contributed by atoms with E-state index in [1.807, 2.05) is 0 Å². The first kappa shape index (κ1) is 24.0. The number of nitrogen functional groups attached to an aromatic ring is 1. The lowest BCUT2D eigenvalue weighted by molar-refractivity contribution is -0.137. The van der Waals surface area contributed by atoms with Gasteiger partial charge in [-0.3, -0.25) is 0 Å². The van der Waals surface area contributed by atoms with Crippen LogP contribution in [0, 0.1) is 23.0 Å². The van der Waals surface area contributed by atoms with Crippen molar-refractivity contribution in [1.82, 2.24) is 9.97 Å². The van der Waals surface area contributed by atoms with E-state index in [1.165, 1.54) is 7.11 Å². The number of benzene rings is 2. The van der Waals surface area contributed by atoms with Crippen LogP contribution >= 0.6 is 11.3 Å². The quantitative estimate of drug-likeness (QED) is 0.322. The van der Waals surface area contributed by atoms with Gasteiger partial charge >= 0.3 is 12.2 Å². The zero-order valence-electron chi connectivity index (χ0n) is 18.8. The molecule has 3 heterocycles. The van der Waals surface area contributed by atoms with Gasteiger partial charge in [0.25, 0.3) is 0 Å². The fraction of sp³-hybridized carbons (Fsp3) is 0.292. The van der Waals surface area contributed by atoms with Crippen molar-refractivity contribution >= 4 is 43.1 Å². The van der Waals surface area contributed by atoms with Gasteiger partial charge in [-0.1, -0.05) is 6.07 Å². The second kappa shape index (κ2) is 8.74. The number of anilines is 2. The highest BCUT2D eigenvalue weighted by atomic mass is 32.1. The molecule has 1 saturated heterocycles. The number of alkyl halides is 3. The predicted molar refractivity (Wildman–Crippen MR) is 127 cm³/mol. The molecule has 0 saturated carbocycles. The van der Waals surface area contributed by atoms with Crippen molar-refractivity contribution in [3.63, 3.8) is 0 Å². The molecule has 1 aliphatic rings. The Kier molecular flexibility index (Phi) is 5.83. The summed E-state index contributed by atoms with van der Waals surface area (Å²) in [4.78, 5) is 10.1. The van der Waals surface area contributed by atoms with E-state index in [1.54, 1.807) is 11.0 Å². The van der Waals surface area contributed by atoms with Crippen LogP contribution < -0.4 is 15.4 Å². The Morgan fingerprint density at radius 1 is 1.14 bits per heavy atom. The van der Waals surface area contributed by atoms with Crippen molar-refractivity contribution in [3.05, 3.63) is 41.0 Å². The molecule has 6 nitrogen and oxygen atoms in total. The highest BCUT2D eigenvalue weighted by Crippen LogP contribution is 2.48. The van der Waals surface area contributed by atoms with Crippen molar-refractivity contribution in [2.24, 2.45) is 0 Å². The van der Waals surface area contributed by atoms with Gasteiger partial charge in [0.1, 0.15) is 28.2 Å². The summed E-state index contributed by atoms with van der Waals surface area (Å²) in [6.45, 7) is 1.08. The molecule has 0 spiro atoms. The molecule has 1 aliphatic heterocycles. The average Bonchev–Trinajstić information content (AvgIpc) is 3.21. The van der Waals surface area contributed by atoms with Gasteiger partial charge in [-0.15, -0.1) is 11.3 Å². The number of ether oxygens (including phenoxy) is 1. The van der Waals surface area contributed by atoms with Crippen LogP contribution in [0.3, 0.4) is 0 Å². The lowest BCUT2D eigenvalue weighted by Crippen LogP contribution is -2.30. The van der Waals surface area contributed by atoms with Gasteiger partial charge in [-0.2, -0.15) is 28.4 Å². The van der Waals surface area contributed by atoms with Crippen LogP contribution in [0.2, 0.25) is 0 Å². The number of aromatic nitrogens is 2. The number of nitrogens with two attached hydrogens (primary N) is 1. The van der Waals surface area contributed by atoms with E-state index in [0.717, 1.165) is 37.5 Å². The van der Waals surface area contributed by atoms with E-state index in [4.69, 9.17) is 10.5 Å². The summed E-state index contributed by atoms with van der Waals surface area (Å²) in [5.74, 6) is -1.91. The molecule has 0 amide bonds. The number of nitrogens with zero attached hydrogens (tertiary/aromatic N) is 4. The number of hydrogen-bond donors (Lipinski definition) is 1. The molecule has 4 aromatic rings. The Balaban J connectivity index is 1.92. The minimum atomic E-state index is -4.99. The largest absolute Gasteiger partial charge is 0.467 e. The second-order valence-corrected chi connectivity index (χ2v) is 9.39. The molecule has 2 aromatic heterocycles. The van der Waals surface area contributed by atoms with E-state index in [-0.39, 0.29) is 48.9 Å². The molecule has 5 rings (SSSR count). The smallest absolute Gasteiger partial charge is 0.417 e. The van der Waals surface area contributed by atoms with Gasteiger partial charge in [0.05, 0.1) is 22.9 Å². The molecular weight excluding hydrogens is 501 g/mol. The normalized spacial score (nSPS) is 14.4. The highest BCUT2D eigenvalue weighted by Gasteiger charge is 2.38. The van der Waals surface area contributed by atoms with Gasteiger partial charge in [-0.05, 0) is 37.0 Å². The molecule has 0 aliphatic carbocycles. The fourth-order valence-corrected chi connectivity index (χ4v) is 5.57. The van der Waals surface area contributed by atoms with Crippen molar-refractivity contribution in [1.29, 1.82) is 5.26 Å². The molecule has 2 N–H and O–H groups in total. The standard InChI is InChI=1S/C24H18F5N5OS/c1-35-23-32-19-12(22(33-23)34-7-3-2-4-8-34)9-14(24(27,28)29)17(18(19)26)11-5-6-15(25)20-16(11)13(10-30)21(31)36-20/h5-6,9H,2-4,7-8,31H2,1H3. The topological polar surface area (TPSA) is 88.1 Å². The molecule has 36 heavy (non-hydrogen) atoms. The van der Waals surface area contributed by atoms with Crippen LogP contribution in [-0.4, -0.2) is 30.2 Å². The molecule has 0 bridgehead atoms. The number of fused-ring (bicyclic) bond motifs is 2. The van der Waals surface area contributed by atoms with E-state index in [2.05, 4.69) is 9.97 Å². The van der Waals surface area contributed by atoms with Gasteiger partial charge < -0.3 is 15.4 Å². The Morgan fingerprint density at radius 2 is 1.86 bits per heavy atom. The number of halogens is 5. The molecule has 1 fully saturated rings. The lowest BCUT2D eigenvalue weighted by Gasteiger charge is -2.29. The number of methoxy groups -OCH3 is 1. The third-order valence-corrected chi connectivity index (χ3v) is 7.26. The SMILES string of the molecule is COc1nc(N2CCCCC2)c2cc(C(F)(F)F)c(-c3ccc(F)c4sc(N)c(C#N)c34)c(F)c2n1. The Morgan fingerprint density at radius 3 is 2.50 bits per heavy atom. The maximum atomic E-state index is 16.2. The zero-order chi connectivity index (χ0) is 25.8. The van der Waals surface area contributed by atoms with Crippen LogP contribution in [0.4, 0.5) is 32.8 Å². The number of rotatable bonds is 3. The minimum Gasteiger partial charge on any atom is -0.467 e. The maximum Gasteiger partial charge on any atom is 0.417 e. The van der Waals surface area contributed by atoms with Crippen molar-refractivity contribution < 1.29 is 26.7 Å². The number of thiophene rings is 1. The fourth-order valence-electron chi connectivity index (χ4n) is 4.62. The van der Waals surface area contributed by atoms with Crippen LogP contribution in [0.1, 0.15) is 30.4 Å². The Hall–Kier alpha value is -3.72. The van der Waals surface area contributed by atoms with Gasteiger partial charge in [0.15, 0.2) is 5.82 Å². The Bertz CT molecular complexity index is 1550. The molecule has 0 atom stereocenters. The Labute approximate surface area is 205 Å². The molecule has 12 heteroatoms. The molecule has 0 radical (unpaired) electrons. The predicted octanol–water partition coefficient (Wildman–Crippen LogP) is 6.26. The van der Waals surface area contributed by atoms with Crippen LogP contribution in [0.25, 0.3) is 32.1 Å². The van der Waals surface area contributed by atoms with Crippen LogP contribution in [0.5, 0.6) is 6.01 Å². The first-order valence-corrected chi connectivity index (χ1v) is 11.8. The first-order chi connectivity index (χ1) is 17.2. The van der Waals surface area contributed by atoms with Crippen molar-refractivity contribution in [2.75, 3.05) is 30.8 Å². The minimum absolute atomic E-state index is 0.0787. The number of hydrogen-bond acceptors (Lipinski definition) is 7.